The Morgan fingerprint density at radius 2 is 1.74 bits per heavy atom. The molecule has 0 fully saturated rings. The lowest BCUT2D eigenvalue weighted by molar-refractivity contribution is -0.148. The van der Waals surface area contributed by atoms with Crippen LogP contribution in [-0.2, 0) is 37.2 Å². The average Bonchev–Trinajstić information content (AvgIpc) is 3.30. The molecule has 4 N–H and O–H groups in total. The monoisotopic (exact) mass is 507 g/mol. The first-order valence-electron chi connectivity index (χ1n) is 10.8. The number of benzene rings is 1. The van der Waals surface area contributed by atoms with E-state index in [0.29, 0.717) is 21.7 Å². The minimum atomic E-state index is -4.01. The zero-order valence-corrected chi connectivity index (χ0v) is 21.5. The van der Waals surface area contributed by atoms with E-state index in [9.17, 15) is 22.8 Å². The van der Waals surface area contributed by atoms with Gasteiger partial charge in [-0.2, -0.15) is 4.72 Å². The quantitative estimate of drug-likeness (QED) is 0.468. The molecule has 34 heavy (non-hydrogen) atoms. The number of nitrogens with two attached hydrogens (primary N) is 1. The summed E-state index contributed by atoms with van der Waals surface area (Å²) >= 11 is 1.29. The zero-order chi connectivity index (χ0) is 25.4. The predicted octanol–water partition coefficient (Wildman–Crippen LogP) is 2.42. The Kier molecular flexibility index (Phi) is 7.49. The van der Waals surface area contributed by atoms with Crippen LogP contribution in [-0.4, -0.2) is 38.9 Å². The van der Waals surface area contributed by atoms with Crippen molar-refractivity contribution >= 4 is 44.1 Å². The highest BCUT2D eigenvalue weighted by Gasteiger charge is 2.29. The van der Waals surface area contributed by atoms with Gasteiger partial charge in [0.25, 0.3) is 11.8 Å². The molecule has 1 aromatic carbocycles. The van der Waals surface area contributed by atoms with Gasteiger partial charge in [-0.1, -0.05) is 6.07 Å². The standard InChI is InChI=1S/C23H29N3O6S2/c1-11-9-12(2)14(4)20(13(11)3)34(30,31)26-15(5)23(29)32-10-18(27)25-22-19(21(24)28)16-7-6-8-17(16)33-22/h9,15,26H,6-8,10H2,1-5H3,(H2,24,28)(H,25,27)/t15-/m0/s1. The van der Waals surface area contributed by atoms with Crippen molar-refractivity contribution in [2.45, 2.75) is 64.8 Å². The van der Waals surface area contributed by atoms with Crippen molar-refractivity contribution in [3.8, 4) is 0 Å². The molecule has 2 amide bonds. The molecule has 3 rings (SSSR count). The van der Waals surface area contributed by atoms with Crippen molar-refractivity contribution < 1.29 is 27.5 Å². The first-order chi connectivity index (χ1) is 15.8. The molecule has 0 saturated carbocycles. The molecule has 1 aromatic heterocycles. The summed E-state index contributed by atoms with van der Waals surface area (Å²) in [7, 11) is -4.01. The Balaban J connectivity index is 1.64. The molecule has 0 spiro atoms. The molecule has 9 nitrogen and oxygen atoms in total. The fraction of sp³-hybridized carbons (Fsp3) is 0.435. The van der Waals surface area contributed by atoms with Crippen LogP contribution in [0, 0.1) is 27.7 Å². The van der Waals surface area contributed by atoms with E-state index in [-0.39, 0.29) is 4.90 Å². The van der Waals surface area contributed by atoms with Crippen molar-refractivity contribution in [3.63, 3.8) is 0 Å². The van der Waals surface area contributed by atoms with Crippen molar-refractivity contribution in [1.29, 1.82) is 0 Å². The van der Waals surface area contributed by atoms with E-state index in [0.717, 1.165) is 40.8 Å². The van der Waals surface area contributed by atoms with Gasteiger partial charge in [0, 0.05) is 4.88 Å². The normalized spacial score (nSPS) is 13.9. The van der Waals surface area contributed by atoms with Crippen LogP contribution in [0.1, 0.15) is 56.4 Å². The third-order valence-corrected chi connectivity index (χ3v) is 9.04. The highest BCUT2D eigenvalue weighted by atomic mass is 32.2. The number of aryl methyl sites for hydroxylation is 3. The Labute approximate surface area is 203 Å². The topological polar surface area (TPSA) is 145 Å². The predicted molar refractivity (Wildman–Crippen MR) is 130 cm³/mol. The van der Waals surface area contributed by atoms with Crippen molar-refractivity contribution in [2.75, 3.05) is 11.9 Å². The number of primary amides is 1. The fourth-order valence-corrected chi connectivity index (χ4v) is 7.22. The summed E-state index contributed by atoms with van der Waals surface area (Å²) in [5, 5.41) is 2.92. The summed E-state index contributed by atoms with van der Waals surface area (Å²) in [6.45, 7) is 7.79. The van der Waals surface area contributed by atoms with Gasteiger partial charge in [-0.05, 0) is 81.7 Å². The van der Waals surface area contributed by atoms with Crippen molar-refractivity contribution in [2.24, 2.45) is 5.73 Å². The molecule has 0 saturated heterocycles. The first-order valence-corrected chi connectivity index (χ1v) is 13.1. The maximum Gasteiger partial charge on any atom is 0.324 e. The lowest BCUT2D eigenvalue weighted by atomic mass is 10.0. The molecule has 1 aliphatic rings. The molecule has 0 bridgehead atoms. The number of ether oxygens (including phenoxy) is 1. The van der Waals surface area contributed by atoms with Gasteiger partial charge in [0.15, 0.2) is 6.61 Å². The van der Waals surface area contributed by atoms with E-state index in [4.69, 9.17) is 10.5 Å². The number of esters is 1. The number of anilines is 1. The molecular weight excluding hydrogens is 478 g/mol. The molecule has 11 heteroatoms. The number of thiophene rings is 1. The van der Waals surface area contributed by atoms with E-state index in [2.05, 4.69) is 10.0 Å². The molecule has 2 aromatic rings. The molecule has 0 radical (unpaired) electrons. The summed E-state index contributed by atoms with van der Waals surface area (Å²) in [5.41, 5.74) is 9.50. The second kappa shape index (κ2) is 9.85. The maximum atomic E-state index is 13.0. The minimum Gasteiger partial charge on any atom is -0.454 e. The molecule has 0 aliphatic heterocycles. The van der Waals surface area contributed by atoms with Crippen LogP contribution in [0.4, 0.5) is 5.00 Å². The Morgan fingerprint density at radius 3 is 2.32 bits per heavy atom. The molecular formula is C23H29N3O6S2. The average molecular weight is 508 g/mol. The highest BCUT2D eigenvalue weighted by molar-refractivity contribution is 7.89. The highest BCUT2D eigenvalue weighted by Crippen LogP contribution is 2.38. The van der Waals surface area contributed by atoms with Gasteiger partial charge in [-0.25, -0.2) is 8.42 Å². The molecule has 1 aliphatic carbocycles. The summed E-state index contributed by atoms with van der Waals surface area (Å²) in [4.78, 5) is 37.7. The van der Waals surface area contributed by atoms with Gasteiger partial charge in [0.2, 0.25) is 10.0 Å². The van der Waals surface area contributed by atoms with Crippen molar-refractivity contribution in [3.05, 3.63) is 44.3 Å². The largest absolute Gasteiger partial charge is 0.454 e. The number of carbonyl (C=O) groups is 3. The fourth-order valence-electron chi connectivity index (χ4n) is 4.10. The van der Waals surface area contributed by atoms with Crippen LogP contribution in [0.2, 0.25) is 0 Å². The van der Waals surface area contributed by atoms with Gasteiger partial charge >= 0.3 is 5.97 Å². The van der Waals surface area contributed by atoms with Gasteiger partial charge in [-0.15, -0.1) is 11.3 Å². The lowest BCUT2D eigenvalue weighted by Crippen LogP contribution is -2.41. The van der Waals surface area contributed by atoms with Crippen LogP contribution in [0.15, 0.2) is 11.0 Å². The van der Waals surface area contributed by atoms with E-state index in [1.165, 1.54) is 18.3 Å². The number of carbonyl (C=O) groups excluding carboxylic acids is 3. The Hall–Kier alpha value is -2.76. The Morgan fingerprint density at radius 1 is 1.12 bits per heavy atom. The van der Waals surface area contributed by atoms with Crippen LogP contribution in [0.25, 0.3) is 0 Å². The number of rotatable bonds is 8. The second-order valence-corrected chi connectivity index (χ2v) is 11.3. The van der Waals surface area contributed by atoms with E-state index < -0.39 is 40.5 Å². The second-order valence-electron chi connectivity index (χ2n) is 8.51. The summed E-state index contributed by atoms with van der Waals surface area (Å²) in [5.74, 6) is -2.17. The van der Waals surface area contributed by atoms with Gasteiger partial charge in [0.1, 0.15) is 11.0 Å². The van der Waals surface area contributed by atoms with Gasteiger partial charge in [-0.3, -0.25) is 14.4 Å². The van der Waals surface area contributed by atoms with E-state index in [1.54, 1.807) is 13.8 Å². The van der Waals surface area contributed by atoms with Crippen molar-refractivity contribution in [1.82, 2.24) is 4.72 Å². The van der Waals surface area contributed by atoms with Crippen LogP contribution < -0.4 is 15.8 Å². The number of hydrogen-bond donors (Lipinski definition) is 3. The third-order valence-electron chi connectivity index (χ3n) is 6.02. The minimum absolute atomic E-state index is 0.132. The van der Waals surface area contributed by atoms with Crippen LogP contribution in [0.3, 0.4) is 0 Å². The SMILES string of the molecule is Cc1cc(C)c(C)c(S(=O)(=O)N[C@@H](C)C(=O)OCC(=O)Nc2sc3c(c2C(N)=O)CCC3)c1C. The molecule has 1 atom stereocenters. The summed E-state index contributed by atoms with van der Waals surface area (Å²) in [6.07, 6.45) is 2.48. The lowest BCUT2D eigenvalue weighted by Gasteiger charge is -2.18. The molecule has 184 valence electrons. The number of sulfonamides is 1. The van der Waals surface area contributed by atoms with Crippen LogP contribution >= 0.6 is 11.3 Å². The number of fused-ring (bicyclic) bond motifs is 1. The molecule has 1 heterocycles. The maximum absolute atomic E-state index is 13.0. The number of amides is 2. The Bertz CT molecular complexity index is 1250. The first kappa shape index (κ1) is 25.9. The van der Waals surface area contributed by atoms with E-state index >= 15 is 0 Å². The summed E-state index contributed by atoms with van der Waals surface area (Å²) in [6, 6.07) is 0.690. The number of hydrogen-bond acceptors (Lipinski definition) is 7. The van der Waals surface area contributed by atoms with E-state index in [1.807, 2.05) is 19.9 Å². The zero-order valence-electron chi connectivity index (χ0n) is 19.8. The smallest absolute Gasteiger partial charge is 0.324 e. The van der Waals surface area contributed by atoms with Crippen LogP contribution in [0.5, 0.6) is 0 Å². The number of nitrogens with one attached hydrogen (secondary N) is 2. The summed E-state index contributed by atoms with van der Waals surface area (Å²) < 4.78 is 33.4. The van der Waals surface area contributed by atoms with Gasteiger partial charge < -0.3 is 15.8 Å². The van der Waals surface area contributed by atoms with Gasteiger partial charge in [0.05, 0.1) is 10.5 Å². The third kappa shape index (κ3) is 5.16. The molecule has 0 unspecified atom stereocenters.